The van der Waals surface area contributed by atoms with Crippen molar-refractivity contribution in [1.29, 1.82) is 0 Å². The van der Waals surface area contributed by atoms with Crippen molar-refractivity contribution in [3.63, 3.8) is 0 Å². The minimum absolute atomic E-state index is 0.0983. The van der Waals surface area contributed by atoms with Crippen LogP contribution in [0.1, 0.15) is 44.2 Å². The summed E-state index contributed by atoms with van der Waals surface area (Å²) in [6.45, 7) is 6.25. The average molecular weight is 311 g/mol. The first-order valence-electron chi connectivity index (χ1n) is 8.09. The molecule has 1 aliphatic heterocycles. The normalized spacial score (nSPS) is 18.8. The third-order valence-corrected chi connectivity index (χ3v) is 4.56. The van der Waals surface area contributed by atoms with Crippen molar-refractivity contribution in [3.8, 4) is 0 Å². The molecule has 21 heavy (non-hydrogen) atoms. The van der Waals surface area contributed by atoms with Gasteiger partial charge in [0.2, 0.25) is 0 Å². The van der Waals surface area contributed by atoms with Gasteiger partial charge in [0.1, 0.15) is 0 Å². The second-order valence-electron chi connectivity index (χ2n) is 5.89. The standard InChI is InChI=1S/C17H27ClN2O/c1-2-10-19-17(15-5-3-4-6-16(15)18)9-13-20-11-7-14(21)8-12-20/h3-6,14,17,19,21H,2,7-13H2,1H3. The molecule has 0 bridgehead atoms. The first-order valence-corrected chi connectivity index (χ1v) is 8.46. The van der Waals surface area contributed by atoms with Crippen LogP contribution in [-0.2, 0) is 0 Å². The molecular weight excluding hydrogens is 284 g/mol. The number of likely N-dealkylation sites (tertiary alicyclic amines) is 1. The van der Waals surface area contributed by atoms with Crippen molar-refractivity contribution in [3.05, 3.63) is 34.9 Å². The second kappa shape index (κ2) is 8.74. The average Bonchev–Trinajstić information content (AvgIpc) is 2.50. The second-order valence-corrected chi connectivity index (χ2v) is 6.30. The number of benzene rings is 1. The molecule has 0 aromatic heterocycles. The van der Waals surface area contributed by atoms with Gasteiger partial charge in [-0.15, -0.1) is 0 Å². The highest BCUT2D eigenvalue weighted by Gasteiger charge is 2.19. The predicted octanol–water partition coefficient (Wildman–Crippen LogP) is 3.23. The summed E-state index contributed by atoms with van der Waals surface area (Å²) in [5.41, 5.74) is 1.20. The molecule has 118 valence electrons. The Bertz CT molecular complexity index is 419. The Morgan fingerprint density at radius 1 is 1.33 bits per heavy atom. The largest absolute Gasteiger partial charge is 0.393 e. The summed E-state index contributed by atoms with van der Waals surface area (Å²) >= 11 is 6.35. The van der Waals surface area contributed by atoms with E-state index in [0.29, 0.717) is 6.04 Å². The number of hydrogen-bond acceptors (Lipinski definition) is 3. The van der Waals surface area contributed by atoms with Gasteiger partial charge in [-0.1, -0.05) is 36.7 Å². The molecule has 0 radical (unpaired) electrons. The molecule has 1 fully saturated rings. The Morgan fingerprint density at radius 3 is 2.71 bits per heavy atom. The van der Waals surface area contributed by atoms with Gasteiger partial charge in [-0.3, -0.25) is 0 Å². The molecule has 1 aromatic carbocycles. The van der Waals surface area contributed by atoms with E-state index in [-0.39, 0.29) is 6.10 Å². The van der Waals surface area contributed by atoms with E-state index in [1.165, 1.54) is 5.56 Å². The zero-order valence-electron chi connectivity index (χ0n) is 12.9. The fourth-order valence-electron chi connectivity index (χ4n) is 2.90. The lowest BCUT2D eigenvalue weighted by Gasteiger charge is -2.31. The Balaban J connectivity index is 1.92. The van der Waals surface area contributed by atoms with Gasteiger partial charge in [-0.05, 0) is 50.4 Å². The molecule has 1 aromatic rings. The number of piperidine rings is 1. The molecule has 0 spiro atoms. The molecular formula is C17H27ClN2O. The Kier molecular flexibility index (Phi) is 6.97. The quantitative estimate of drug-likeness (QED) is 0.811. The zero-order valence-corrected chi connectivity index (χ0v) is 13.6. The fraction of sp³-hybridized carbons (Fsp3) is 0.647. The third kappa shape index (κ3) is 5.26. The van der Waals surface area contributed by atoms with E-state index in [1.807, 2.05) is 12.1 Å². The molecule has 1 unspecified atom stereocenters. The van der Waals surface area contributed by atoms with Crippen LogP contribution in [0.15, 0.2) is 24.3 Å². The Hall–Kier alpha value is -0.610. The van der Waals surface area contributed by atoms with Gasteiger partial charge < -0.3 is 15.3 Å². The summed E-state index contributed by atoms with van der Waals surface area (Å²) in [5, 5.41) is 14.0. The molecule has 3 nitrogen and oxygen atoms in total. The minimum Gasteiger partial charge on any atom is -0.393 e. The lowest BCUT2D eigenvalue weighted by molar-refractivity contribution is 0.0806. The number of rotatable bonds is 7. The van der Waals surface area contributed by atoms with Crippen LogP contribution in [0, 0.1) is 0 Å². The van der Waals surface area contributed by atoms with Crippen molar-refractivity contribution in [2.24, 2.45) is 0 Å². The van der Waals surface area contributed by atoms with Crippen molar-refractivity contribution >= 4 is 11.6 Å². The summed E-state index contributed by atoms with van der Waals surface area (Å²) in [6, 6.07) is 8.43. The van der Waals surface area contributed by atoms with Gasteiger partial charge >= 0.3 is 0 Å². The highest BCUT2D eigenvalue weighted by Crippen LogP contribution is 2.25. The van der Waals surface area contributed by atoms with E-state index in [1.54, 1.807) is 0 Å². The number of aliphatic hydroxyl groups excluding tert-OH is 1. The minimum atomic E-state index is -0.0983. The van der Waals surface area contributed by atoms with Crippen LogP contribution in [-0.4, -0.2) is 42.3 Å². The summed E-state index contributed by atoms with van der Waals surface area (Å²) in [7, 11) is 0. The van der Waals surface area contributed by atoms with Crippen molar-refractivity contribution in [2.45, 2.75) is 44.8 Å². The van der Waals surface area contributed by atoms with Crippen LogP contribution in [0.5, 0.6) is 0 Å². The predicted molar refractivity (Wildman–Crippen MR) is 88.8 cm³/mol. The smallest absolute Gasteiger partial charge is 0.0564 e. The van der Waals surface area contributed by atoms with Gasteiger partial charge in [0.15, 0.2) is 0 Å². The molecule has 2 rings (SSSR count). The molecule has 4 heteroatoms. The van der Waals surface area contributed by atoms with Crippen LogP contribution < -0.4 is 5.32 Å². The maximum atomic E-state index is 9.58. The molecule has 2 N–H and O–H groups in total. The van der Waals surface area contributed by atoms with Crippen LogP contribution in [0.25, 0.3) is 0 Å². The number of hydrogen-bond donors (Lipinski definition) is 2. The van der Waals surface area contributed by atoms with Crippen LogP contribution >= 0.6 is 11.6 Å². The summed E-state index contributed by atoms with van der Waals surface area (Å²) in [6.07, 6.45) is 3.88. The maximum absolute atomic E-state index is 9.58. The monoisotopic (exact) mass is 310 g/mol. The summed E-state index contributed by atoms with van der Waals surface area (Å²) in [4.78, 5) is 2.45. The van der Waals surface area contributed by atoms with E-state index in [4.69, 9.17) is 11.6 Å². The van der Waals surface area contributed by atoms with E-state index in [2.05, 4.69) is 29.3 Å². The molecule has 1 atom stereocenters. The number of nitrogens with zero attached hydrogens (tertiary/aromatic N) is 1. The van der Waals surface area contributed by atoms with Crippen LogP contribution in [0.2, 0.25) is 5.02 Å². The number of halogens is 1. The molecule has 1 aliphatic rings. The van der Waals surface area contributed by atoms with Crippen molar-refractivity contribution in [1.82, 2.24) is 10.2 Å². The van der Waals surface area contributed by atoms with E-state index in [9.17, 15) is 5.11 Å². The Labute approximate surface area is 133 Å². The van der Waals surface area contributed by atoms with Crippen LogP contribution in [0.4, 0.5) is 0 Å². The molecule has 1 heterocycles. The lowest BCUT2D eigenvalue weighted by Crippen LogP contribution is -2.37. The highest BCUT2D eigenvalue weighted by molar-refractivity contribution is 6.31. The number of aliphatic hydroxyl groups is 1. The zero-order chi connectivity index (χ0) is 15.1. The fourth-order valence-corrected chi connectivity index (χ4v) is 3.17. The van der Waals surface area contributed by atoms with E-state index < -0.39 is 0 Å². The van der Waals surface area contributed by atoms with Gasteiger partial charge in [0, 0.05) is 24.2 Å². The lowest BCUT2D eigenvalue weighted by atomic mass is 10.0. The van der Waals surface area contributed by atoms with Gasteiger partial charge in [0.05, 0.1) is 6.10 Å². The molecule has 0 saturated carbocycles. The first-order chi connectivity index (χ1) is 10.2. The molecule has 1 saturated heterocycles. The van der Waals surface area contributed by atoms with Crippen LogP contribution in [0.3, 0.4) is 0 Å². The van der Waals surface area contributed by atoms with E-state index >= 15 is 0 Å². The van der Waals surface area contributed by atoms with E-state index in [0.717, 1.165) is 56.9 Å². The maximum Gasteiger partial charge on any atom is 0.0564 e. The van der Waals surface area contributed by atoms with Crippen molar-refractivity contribution in [2.75, 3.05) is 26.2 Å². The summed E-state index contributed by atoms with van der Waals surface area (Å²) in [5.74, 6) is 0. The molecule has 0 aliphatic carbocycles. The highest BCUT2D eigenvalue weighted by atomic mass is 35.5. The van der Waals surface area contributed by atoms with Gasteiger partial charge in [-0.25, -0.2) is 0 Å². The SMILES string of the molecule is CCCNC(CCN1CCC(O)CC1)c1ccccc1Cl. The third-order valence-electron chi connectivity index (χ3n) is 4.21. The van der Waals surface area contributed by atoms with Crippen molar-refractivity contribution < 1.29 is 5.11 Å². The number of nitrogens with one attached hydrogen (secondary N) is 1. The topological polar surface area (TPSA) is 35.5 Å². The Morgan fingerprint density at radius 2 is 2.05 bits per heavy atom. The summed E-state index contributed by atoms with van der Waals surface area (Å²) < 4.78 is 0. The first kappa shape index (κ1) is 16.8. The van der Waals surface area contributed by atoms with Gasteiger partial charge in [-0.2, -0.15) is 0 Å². The van der Waals surface area contributed by atoms with Gasteiger partial charge in [0.25, 0.3) is 0 Å². The molecule has 0 amide bonds.